The number of carbonyl (C=O) groups is 1. The Bertz CT molecular complexity index is 487. The first-order valence-corrected chi connectivity index (χ1v) is 6.28. The van der Waals surface area contributed by atoms with Gasteiger partial charge in [0.2, 0.25) is 5.91 Å². The molecule has 0 heterocycles. The van der Waals surface area contributed by atoms with Crippen LogP contribution in [0.1, 0.15) is 20.8 Å². The number of amides is 1. The van der Waals surface area contributed by atoms with Crippen LogP contribution in [0.25, 0.3) is 0 Å². The lowest BCUT2D eigenvalue weighted by molar-refractivity contribution is -0.121. The van der Waals surface area contributed by atoms with E-state index in [0.29, 0.717) is 6.07 Å². The predicted octanol–water partition coefficient (Wildman–Crippen LogP) is 1.99. The van der Waals surface area contributed by atoms with Gasteiger partial charge in [0.15, 0.2) is 0 Å². The molecule has 6 heteroatoms. The van der Waals surface area contributed by atoms with E-state index in [1.807, 2.05) is 0 Å². The van der Waals surface area contributed by atoms with Gasteiger partial charge < -0.3 is 10.4 Å². The minimum Gasteiger partial charge on any atom is -0.389 e. The Morgan fingerprint density at radius 2 is 2.05 bits per heavy atom. The Morgan fingerprint density at radius 3 is 2.55 bits per heavy atom. The van der Waals surface area contributed by atoms with Gasteiger partial charge in [0.05, 0.1) is 17.3 Å². The number of benzene rings is 1. The largest absolute Gasteiger partial charge is 0.389 e. The van der Waals surface area contributed by atoms with E-state index in [1.54, 1.807) is 32.7 Å². The molecule has 0 fully saturated rings. The van der Waals surface area contributed by atoms with Gasteiger partial charge in [0.1, 0.15) is 11.6 Å². The molecule has 2 N–H and O–H groups in total. The maximum Gasteiger partial charge on any atom is 0.241 e. The summed E-state index contributed by atoms with van der Waals surface area (Å²) in [5, 5.41) is 12.1. The second kappa shape index (κ2) is 6.28. The van der Waals surface area contributed by atoms with Crippen LogP contribution in [-0.4, -0.2) is 41.1 Å². The van der Waals surface area contributed by atoms with Crippen molar-refractivity contribution >= 4 is 11.6 Å². The Morgan fingerprint density at radius 1 is 1.45 bits per heavy atom. The minimum absolute atomic E-state index is 0.0695. The number of nitrogens with zero attached hydrogens (tertiary/aromatic N) is 1. The lowest BCUT2D eigenvalue weighted by Gasteiger charge is -2.29. The number of hydrogen-bond donors (Lipinski definition) is 2. The van der Waals surface area contributed by atoms with E-state index in [-0.39, 0.29) is 12.2 Å². The first-order chi connectivity index (χ1) is 9.10. The highest BCUT2D eigenvalue weighted by Crippen LogP contribution is 2.16. The quantitative estimate of drug-likeness (QED) is 0.870. The van der Waals surface area contributed by atoms with Crippen LogP contribution >= 0.6 is 0 Å². The SMILES string of the molecule is CC(C(=O)Nc1ccc(F)cc1F)N(C)CC(C)(C)O. The summed E-state index contributed by atoms with van der Waals surface area (Å²) in [6.07, 6.45) is 0. The molecule has 20 heavy (non-hydrogen) atoms. The molecule has 4 nitrogen and oxygen atoms in total. The summed E-state index contributed by atoms with van der Waals surface area (Å²) in [5.41, 5.74) is -1.01. The van der Waals surface area contributed by atoms with Gasteiger partial charge in [-0.3, -0.25) is 9.69 Å². The fourth-order valence-electron chi connectivity index (χ4n) is 1.78. The summed E-state index contributed by atoms with van der Waals surface area (Å²) < 4.78 is 26.2. The van der Waals surface area contributed by atoms with Crippen molar-refractivity contribution in [3.63, 3.8) is 0 Å². The van der Waals surface area contributed by atoms with Gasteiger partial charge in [-0.25, -0.2) is 8.78 Å². The Labute approximate surface area is 117 Å². The van der Waals surface area contributed by atoms with E-state index in [2.05, 4.69) is 5.32 Å². The number of anilines is 1. The Kier molecular flexibility index (Phi) is 5.19. The zero-order chi connectivity index (χ0) is 15.5. The first-order valence-electron chi connectivity index (χ1n) is 6.28. The fraction of sp³-hybridized carbons (Fsp3) is 0.500. The van der Waals surface area contributed by atoms with Gasteiger partial charge in [0, 0.05) is 12.6 Å². The minimum atomic E-state index is -0.940. The predicted molar refractivity (Wildman–Crippen MR) is 73.4 cm³/mol. The van der Waals surface area contributed by atoms with E-state index in [0.717, 1.165) is 6.07 Å². The summed E-state index contributed by atoms with van der Waals surface area (Å²) in [5.74, 6) is -1.95. The van der Waals surface area contributed by atoms with Crippen LogP contribution in [0.3, 0.4) is 0 Å². The molecule has 0 saturated heterocycles. The standard InChI is InChI=1S/C14H20F2N2O2/c1-9(18(4)8-14(2,3)20)13(19)17-12-6-5-10(15)7-11(12)16/h5-7,9,20H,8H2,1-4H3,(H,17,19). The fourth-order valence-corrected chi connectivity index (χ4v) is 1.78. The van der Waals surface area contributed by atoms with Crippen molar-refractivity contribution in [3.8, 4) is 0 Å². The van der Waals surface area contributed by atoms with E-state index >= 15 is 0 Å². The van der Waals surface area contributed by atoms with Gasteiger partial charge in [-0.1, -0.05) is 0 Å². The number of carbonyl (C=O) groups excluding carboxylic acids is 1. The van der Waals surface area contributed by atoms with Crippen molar-refractivity contribution in [1.29, 1.82) is 0 Å². The van der Waals surface area contributed by atoms with Crippen molar-refractivity contribution in [2.45, 2.75) is 32.4 Å². The normalized spacial score (nSPS) is 13.4. The van der Waals surface area contributed by atoms with Gasteiger partial charge >= 0.3 is 0 Å². The van der Waals surface area contributed by atoms with Crippen LogP contribution in [0, 0.1) is 11.6 Å². The van der Waals surface area contributed by atoms with Crippen molar-refractivity contribution in [3.05, 3.63) is 29.8 Å². The summed E-state index contributed by atoms with van der Waals surface area (Å²) in [4.78, 5) is 13.6. The third-order valence-electron chi connectivity index (χ3n) is 2.87. The van der Waals surface area contributed by atoms with Crippen LogP contribution in [0.2, 0.25) is 0 Å². The maximum atomic E-state index is 13.4. The third kappa shape index (κ3) is 4.86. The summed E-state index contributed by atoms with van der Waals surface area (Å²) >= 11 is 0. The number of aliphatic hydroxyl groups is 1. The summed E-state index contributed by atoms with van der Waals surface area (Å²) in [6, 6.07) is 2.39. The van der Waals surface area contributed by atoms with Gasteiger partial charge in [0.25, 0.3) is 0 Å². The highest BCUT2D eigenvalue weighted by Gasteiger charge is 2.24. The number of rotatable bonds is 5. The molecule has 0 radical (unpaired) electrons. The third-order valence-corrected chi connectivity index (χ3v) is 2.87. The topological polar surface area (TPSA) is 52.6 Å². The summed E-state index contributed by atoms with van der Waals surface area (Å²) in [7, 11) is 1.68. The molecular formula is C14H20F2N2O2. The molecule has 0 aromatic heterocycles. The summed E-state index contributed by atoms with van der Waals surface area (Å²) in [6.45, 7) is 5.19. The van der Waals surface area contributed by atoms with E-state index in [1.165, 1.54) is 6.07 Å². The average Bonchev–Trinajstić information content (AvgIpc) is 2.29. The number of hydrogen-bond acceptors (Lipinski definition) is 3. The van der Waals surface area contributed by atoms with Gasteiger partial charge in [-0.15, -0.1) is 0 Å². The Hall–Kier alpha value is -1.53. The van der Waals surface area contributed by atoms with E-state index in [4.69, 9.17) is 0 Å². The highest BCUT2D eigenvalue weighted by atomic mass is 19.1. The van der Waals surface area contributed by atoms with E-state index in [9.17, 15) is 18.7 Å². The van der Waals surface area contributed by atoms with Crippen molar-refractivity contribution in [2.24, 2.45) is 0 Å². The first kappa shape index (κ1) is 16.5. The molecule has 0 aliphatic heterocycles. The highest BCUT2D eigenvalue weighted by molar-refractivity contribution is 5.94. The molecule has 1 atom stereocenters. The van der Waals surface area contributed by atoms with Gasteiger partial charge in [-0.05, 0) is 40.0 Å². The molecule has 0 spiro atoms. The molecule has 1 amide bonds. The van der Waals surface area contributed by atoms with Crippen LogP contribution in [0.4, 0.5) is 14.5 Å². The van der Waals surface area contributed by atoms with Gasteiger partial charge in [-0.2, -0.15) is 0 Å². The molecule has 1 aromatic rings. The zero-order valence-corrected chi connectivity index (χ0v) is 12.1. The molecule has 0 aliphatic rings. The second-order valence-corrected chi connectivity index (χ2v) is 5.52. The molecule has 1 unspecified atom stereocenters. The maximum absolute atomic E-state index is 13.4. The smallest absolute Gasteiger partial charge is 0.241 e. The molecule has 0 saturated carbocycles. The van der Waals surface area contributed by atoms with Crippen molar-refractivity contribution < 1.29 is 18.7 Å². The van der Waals surface area contributed by atoms with E-state index < -0.39 is 29.2 Å². The van der Waals surface area contributed by atoms with Crippen LogP contribution in [0.5, 0.6) is 0 Å². The Balaban J connectivity index is 2.70. The van der Waals surface area contributed by atoms with Crippen LogP contribution in [0.15, 0.2) is 18.2 Å². The number of likely N-dealkylation sites (N-methyl/N-ethyl adjacent to an activating group) is 1. The lowest BCUT2D eigenvalue weighted by Crippen LogP contribution is -2.46. The number of nitrogens with one attached hydrogen (secondary N) is 1. The molecule has 1 aromatic carbocycles. The lowest BCUT2D eigenvalue weighted by atomic mass is 10.1. The van der Waals surface area contributed by atoms with Crippen molar-refractivity contribution in [1.82, 2.24) is 4.90 Å². The molecule has 0 aliphatic carbocycles. The molecular weight excluding hydrogens is 266 g/mol. The zero-order valence-electron chi connectivity index (χ0n) is 12.1. The number of halogens is 2. The average molecular weight is 286 g/mol. The molecule has 112 valence electrons. The van der Waals surface area contributed by atoms with Crippen LogP contribution < -0.4 is 5.32 Å². The molecule has 1 rings (SSSR count). The molecule has 0 bridgehead atoms. The van der Waals surface area contributed by atoms with Crippen LogP contribution in [-0.2, 0) is 4.79 Å². The van der Waals surface area contributed by atoms with Crippen molar-refractivity contribution in [2.75, 3.05) is 18.9 Å². The monoisotopic (exact) mass is 286 g/mol. The second-order valence-electron chi connectivity index (χ2n) is 5.52.